The van der Waals surface area contributed by atoms with Crippen molar-refractivity contribution in [2.75, 3.05) is 13.1 Å². The summed E-state index contributed by atoms with van der Waals surface area (Å²) < 4.78 is 2.15. The Morgan fingerprint density at radius 3 is 2.82 bits per heavy atom. The minimum Gasteiger partial charge on any atom is -0.352 e. The number of piperidine rings is 1. The van der Waals surface area contributed by atoms with E-state index >= 15 is 0 Å². The van der Waals surface area contributed by atoms with E-state index in [2.05, 4.69) is 27.9 Å². The number of carbonyl (C=O) groups excluding carboxylic acids is 1. The fraction of sp³-hybridized carbons (Fsp3) is 0.364. The van der Waals surface area contributed by atoms with Crippen molar-refractivity contribution < 1.29 is 4.79 Å². The van der Waals surface area contributed by atoms with Gasteiger partial charge in [-0.25, -0.2) is 4.98 Å². The fourth-order valence-electron chi connectivity index (χ4n) is 3.92. The Kier molecular flexibility index (Phi) is 5.64. The molecule has 0 aliphatic carbocycles. The first-order valence-corrected chi connectivity index (χ1v) is 10.1. The molecular weight excluding hydrogens is 372 g/mol. The molecule has 0 unspecified atom stereocenters. The lowest BCUT2D eigenvalue weighted by Crippen LogP contribution is -2.42. The molecule has 28 heavy (non-hydrogen) atoms. The third kappa shape index (κ3) is 4.05. The zero-order chi connectivity index (χ0) is 19.5. The third-order valence-electron chi connectivity index (χ3n) is 5.53. The summed E-state index contributed by atoms with van der Waals surface area (Å²) in [5.74, 6) is 1.15. The normalized spacial score (nSPS) is 17.7. The van der Waals surface area contributed by atoms with Gasteiger partial charge in [0.1, 0.15) is 5.82 Å². The monoisotopic (exact) mass is 396 g/mol. The van der Waals surface area contributed by atoms with Crippen molar-refractivity contribution in [1.82, 2.24) is 19.8 Å². The highest BCUT2D eigenvalue weighted by Crippen LogP contribution is 2.21. The minimum absolute atomic E-state index is 0.00548. The molecule has 2 heterocycles. The number of amides is 1. The molecule has 1 atom stereocenters. The lowest BCUT2D eigenvalue weighted by Gasteiger charge is -2.31. The molecule has 1 aliphatic rings. The Morgan fingerprint density at radius 2 is 2.00 bits per heavy atom. The van der Waals surface area contributed by atoms with Gasteiger partial charge in [-0.3, -0.25) is 9.69 Å². The number of nitrogens with zero attached hydrogens (tertiary/aromatic N) is 3. The Hall–Kier alpha value is -2.37. The van der Waals surface area contributed by atoms with E-state index in [-0.39, 0.29) is 11.8 Å². The largest absolute Gasteiger partial charge is 0.352 e. The van der Waals surface area contributed by atoms with Crippen molar-refractivity contribution in [3.63, 3.8) is 0 Å². The maximum absolute atomic E-state index is 12.7. The first kappa shape index (κ1) is 19.0. The number of hydrogen-bond acceptors (Lipinski definition) is 3. The predicted molar refractivity (Wildman–Crippen MR) is 112 cm³/mol. The maximum atomic E-state index is 12.7. The summed E-state index contributed by atoms with van der Waals surface area (Å²) in [6.45, 7) is 2.99. The second-order valence-corrected chi connectivity index (χ2v) is 7.87. The van der Waals surface area contributed by atoms with E-state index in [0.29, 0.717) is 11.6 Å². The van der Waals surface area contributed by atoms with Gasteiger partial charge in [-0.2, -0.15) is 0 Å². The number of aromatic nitrogens is 2. The topological polar surface area (TPSA) is 50.2 Å². The SMILES string of the molecule is Cn1c(CN2CCC[C@H](C(=O)NCc3ccccc3Cl)C2)nc2ccccc21. The molecule has 1 aromatic heterocycles. The number of likely N-dealkylation sites (tertiary alicyclic amines) is 1. The van der Waals surface area contributed by atoms with Gasteiger partial charge in [0.05, 0.1) is 23.5 Å². The molecule has 3 aromatic rings. The van der Waals surface area contributed by atoms with Crippen LogP contribution in [0.2, 0.25) is 5.02 Å². The van der Waals surface area contributed by atoms with Gasteiger partial charge in [0.25, 0.3) is 0 Å². The van der Waals surface area contributed by atoms with E-state index in [1.165, 1.54) is 0 Å². The summed E-state index contributed by atoms with van der Waals surface area (Å²) in [5.41, 5.74) is 3.11. The predicted octanol–water partition coefficient (Wildman–Crippen LogP) is 3.76. The van der Waals surface area contributed by atoms with Gasteiger partial charge in [0.15, 0.2) is 0 Å². The van der Waals surface area contributed by atoms with Crippen LogP contribution in [-0.4, -0.2) is 33.4 Å². The van der Waals surface area contributed by atoms with Gasteiger partial charge < -0.3 is 9.88 Å². The van der Waals surface area contributed by atoms with Crippen molar-refractivity contribution in [3.05, 3.63) is 64.9 Å². The van der Waals surface area contributed by atoms with Crippen LogP contribution in [0.15, 0.2) is 48.5 Å². The molecule has 2 aromatic carbocycles. The second-order valence-electron chi connectivity index (χ2n) is 7.46. The molecule has 1 aliphatic heterocycles. The molecule has 5 nitrogen and oxygen atoms in total. The van der Waals surface area contributed by atoms with E-state index in [4.69, 9.17) is 16.6 Å². The molecule has 1 N–H and O–H groups in total. The maximum Gasteiger partial charge on any atom is 0.224 e. The Bertz CT molecular complexity index is 984. The number of nitrogens with one attached hydrogen (secondary N) is 1. The molecule has 146 valence electrons. The standard InChI is InChI=1S/C22H25ClN4O/c1-26-20-11-5-4-10-19(20)25-21(26)15-27-12-6-8-17(14-27)22(28)24-13-16-7-2-3-9-18(16)23/h2-5,7,9-11,17H,6,8,12-15H2,1H3,(H,24,28)/t17-/m0/s1. The number of carbonyl (C=O) groups is 1. The number of rotatable bonds is 5. The van der Waals surface area contributed by atoms with Crippen LogP contribution < -0.4 is 5.32 Å². The second kappa shape index (κ2) is 8.33. The summed E-state index contributed by atoms with van der Waals surface area (Å²) in [4.78, 5) is 19.8. The number of imidazole rings is 1. The van der Waals surface area contributed by atoms with Crippen LogP contribution in [0, 0.1) is 5.92 Å². The summed E-state index contributed by atoms with van der Waals surface area (Å²) in [6, 6.07) is 15.8. The molecule has 0 spiro atoms. The number of para-hydroxylation sites is 2. The first-order chi connectivity index (χ1) is 13.6. The Labute approximate surface area is 170 Å². The summed E-state index contributed by atoms with van der Waals surface area (Å²) >= 11 is 6.19. The van der Waals surface area contributed by atoms with Crippen molar-refractivity contribution in [1.29, 1.82) is 0 Å². The average molecular weight is 397 g/mol. The molecule has 0 bridgehead atoms. The lowest BCUT2D eigenvalue weighted by molar-refractivity contribution is -0.127. The van der Waals surface area contributed by atoms with Gasteiger partial charge in [-0.15, -0.1) is 0 Å². The van der Waals surface area contributed by atoms with E-state index in [9.17, 15) is 4.79 Å². The average Bonchev–Trinajstić information content (AvgIpc) is 3.03. The summed E-state index contributed by atoms with van der Waals surface area (Å²) in [5, 5.41) is 3.75. The van der Waals surface area contributed by atoms with E-state index < -0.39 is 0 Å². The van der Waals surface area contributed by atoms with Crippen molar-refractivity contribution in [2.24, 2.45) is 13.0 Å². The quantitative estimate of drug-likeness (QED) is 0.714. The van der Waals surface area contributed by atoms with Gasteiger partial charge in [-0.1, -0.05) is 41.9 Å². The molecular formula is C22H25ClN4O. The smallest absolute Gasteiger partial charge is 0.224 e. The van der Waals surface area contributed by atoms with Crippen LogP contribution in [0.4, 0.5) is 0 Å². The van der Waals surface area contributed by atoms with Gasteiger partial charge in [0.2, 0.25) is 5.91 Å². The van der Waals surface area contributed by atoms with E-state index in [1.807, 2.05) is 42.5 Å². The van der Waals surface area contributed by atoms with Crippen molar-refractivity contribution in [3.8, 4) is 0 Å². The number of halogens is 1. The summed E-state index contributed by atoms with van der Waals surface area (Å²) in [6.07, 6.45) is 1.95. The van der Waals surface area contributed by atoms with Crippen molar-refractivity contribution in [2.45, 2.75) is 25.9 Å². The molecule has 1 amide bonds. The molecule has 4 rings (SSSR count). The van der Waals surface area contributed by atoms with E-state index in [1.54, 1.807) is 0 Å². The van der Waals surface area contributed by atoms with Crippen LogP contribution in [0.5, 0.6) is 0 Å². The van der Waals surface area contributed by atoms with Crippen LogP contribution in [0.25, 0.3) is 11.0 Å². The number of aryl methyl sites for hydroxylation is 1. The number of fused-ring (bicyclic) bond motifs is 1. The highest BCUT2D eigenvalue weighted by atomic mass is 35.5. The molecule has 1 saturated heterocycles. The van der Waals surface area contributed by atoms with Crippen LogP contribution in [0.1, 0.15) is 24.2 Å². The highest BCUT2D eigenvalue weighted by molar-refractivity contribution is 6.31. The van der Waals surface area contributed by atoms with Crippen LogP contribution in [0.3, 0.4) is 0 Å². The van der Waals surface area contributed by atoms with Gasteiger partial charge in [0, 0.05) is 25.2 Å². The number of benzene rings is 2. The highest BCUT2D eigenvalue weighted by Gasteiger charge is 2.26. The first-order valence-electron chi connectivity index (χ1n) is 9.75. The number of hydrogen-bond donors (Lipinski definition) is 1. The molecule has 6 heteroatoms. The minimum atomic E-state index is 0.00548. The molecule has 0 radical (unpaired) electrons. The van der Waals surface area contributed by atoms with Crippen molar-refractivity contribution >= 4 is 28.5 Å². The third-order valence-corrected chi connectivity index (χ3v) is 5.90. The van der Waals surface area contributed by atoms with Gasteiger partial charge >= 0.3 is 0 Å². The summed E-state index contributed by atoms with van der Waals surface area (Å²) in [7, 11) is 2.06. The fourth-order valence-corrected chi connectivity index (χ4v) is 4.12. The Morgan fingerprint density at radius 1 is 1.21 bits per heavy atom. The molecule has 0 saturated carbocycles. The zero-order valence-corrected chi connectivity index (χ0v) is 16.8. The van der Waals surface area contributed by atoms with E-state index in [0.717, 1.165) is 54.9 Å². The van der Waals surface area contributed by atoms with Crippen LogP contribution in [-0.2, 0) is 24.9 Å². The zero-order valence-electron chi connectivity index (χ0n) is 16.1. The van der Waals surface area contributed by atoms with Crippen LogP contribution >= 0.6 is 11.6 Å². The lowest BCUT2D eigenvalue weighted by atomic mass is 9.97. The Balaban J connectivity index is 1.37. The molecule has 1 fully saturated rings. The van der Waals surface area contributed by atoms with Gasteiger partial charge in [-0.05, 0) is 43.1 Å².